The van der Waals surface area contributed by atoms with Crippen LogP contribution in [0.3, 0.4) is 0 Å². The number of carbonyl (C=O) groups excluding carboxylic acids is 2. The molecule has 0 atom stereocenters. The summed E-state index contributed by atoms with van der Waals surface area (Å²) < 4.78 is 39.6. The first kappa shape index (κ1) is 23.1. The number of pyridine rings is 1. The Morgan fingerprint density at radius 3 is 2.67 bits per heavy atom. The Bertz CT molecular complexity index is 1470. The van der Waals surface area contributed by atoms with Crippen molar-refractivity contribution < 1.29 is 27.6 Å². The third kappa shape index (κ3) is 4.50. The number of aromatic amines is 1. The molecule has 0 unspecified atom stereocenters. The van der Waals surface area contributed by atoms with Gasteiger partial charge in [-0.05, 0) is 30.4 Å². The number of hydrogen-bond acceptors (Lipinski definition) is 5. The van der Waals surface area contributed by atoms with Crippen molar-refractivity contribution in [2.45, 2.75) is 12.6 Å². The first-order chi connectivity index (χ1) is 17.3. The van der Waals surface area contributed by atoms with E-state index in [-0.39, 0.29) is 29.9 Å². The van der Waals surface area contributed by atoms with Gasteiger partial charge in [-0.15, -0.1) is 0 Å². The summed E-state index contributed by atoms with van der Waals surface area (Å²) >= 11 is 0. The lowest BCUT2D eigenvalue weighted by Gasteiger charge is -2.17. The van der Waals surface area contributed by atoms with Crippen molar-refractivity contribution in [1.82, 2.24) is 25.2 Å². The molecule has 0 saturated heterocycles. The van der Waals surface area contributed by atoms with Crippen LogP contribution in [-0.4, -0.2) is 44.5 Å². The fourth-order valence-electron chi connectivity index (χ4n) is 3.93. The van der Waals surface area contributed by atoms with Crippen molar-refractivity contribution in [1.29, 1.82) is 0 Å². The molecule has 0 aliphatic carbocycles. The predicted octanol–water partition coefficient (Wildman–Crippen LogP) is 3.91. The molecule has 0 saturated carbocycles. The summed E-state index contributed by atoms with van der Waals surface area (Å²) in [4.78, 5) is 32.9. The molecule has 0 radical (unpaired) electrons. The summed E-state index contributed by atoms with van der Waals surface area (Å²) in [5, 5.41) is 9.70. The molecule has 0 spiro atoms. The predicted molar refractivity (Wildman–Crippen MR) is 124 cm³/mol. The number of nitrogens with zero attached hydrogens (tertiary/aromatic N) is 3. The smallest absolute Gasteiger partial charge is 0.352 e. The van der Waals surface area contributed by atoms with E-state index in [0.717, 1.165) is 21.6 Å². The van der Waals surface area contributed by atoms with E-state index in [0.29, 0.717) is 11.3 Å². The Morgan fingerprint density at radius 2 is 1.89 bits per heavy atom. The molecule has 8 nitrogen and oxygen atoms in total. The van der Waals surface area contributed by atoms with Gasteiger partial charge in [0.2, 0.25) is 0 Å². The number of nitrogens with one attached hydrogen (secondary N) is 2. The molecule has 182 valence electrons. The summed E-state index contributed by atoms with van der Waals surface area (Å²) in [7, 11) is 0. The largest absolute Gasteiger partial charge is 0.493 e. The first-order valence-electron chi connectivity index (χ1n) is 10.9. The van der Waals surface area contributed by atoms with E-state index in [2.05, 4.69) is 20.5 Å². The van der Waals surface area contributed by atoms with Crippen LogP contribution in [0.1, 0.15) is 27.3 Å². The zero-order valence-electron chi connectivity index (χ0n) is 18.5. The van der Waals surface area contributed by atoms with Crippen LogP contribution >= 0.6 is 0 Å². The fraction of sp³-hybridized carbons (Fsp3) is 0.120. The minimum absolute atomic E-state index is 0.125. The van der Waals surface area contributed by atoms with Crippen LogP contribution in [0.2, 0.25) is 0 Å². The maximum Gasteiger partial charge on any atom is 0.493 e. The summed E-state index contributed by atoms with van der Waals surface area (Å²) in [5.41, 5.74) is 3.93. The normalized spacial score (nSPS) is 13.5. The van der Waals surface area contributed by atoms with Gasteiger partial charge in [-0.3, -0.25) is 14.9 Å². The van der Waals surface area contributed by atoms with Crippen LogP contribution in [0.4, 0.5) is 13.2 Å². The van der Waals surface area contributed by atoms with Gasteiger partial charge in [-0.2, -0.15) is 23.0 Å². The third-order valence-corrected chi connectivity index (χ3v) is 5.60. The van der Waals surface area contributed by atoms with Crippen molar-refractivity contribution in [2.75, 3.05) is 6.54 Å². The number of amides is 1. The van der Waals surface area contributed by atoms with Crippen molar-refractivity contribution in [3.8, 4) is 22.5 Å². The van der Waals surface area contributed by atoms with Gasteiger partial charge in [0.05, 0.1) is 34.5 Å². The van der Waals surface area contributed by atoms with E-state index < -0.39 is 18.1 Å². The van der Waals surface area contributed by atoms with Crippen LogP contribution in [0.25, 0.3) is 34.7 Å². The molecular weight excluding hydrogens is 475 g/mol. The number of halogens is 3. The Balaban J connectivity index is 1.50. The number of carbonyl (C=O) groups is 2. The first-order valence-corrected chi connectivity index (χ1v) is 10.9. The topological polar surface area (TPSA) is 102 Å². The van der Waals surface area contributed by atoms with Crippen molar-refractivity contribution in [2.24, 2.45) is 0 Å². The van der Waals surface area contributed by atoms with E-state index in [1.807, 2.05) is 30.3 Å². The molecule has 1 amide bonds. The van der Waals surface area contributed by atoms with Crippen LogP contribution < -0.4 is 10.2 Å². The highest BCUT2D eigenvalue weighted by atomic mass is 19.4. The molecule has 4 heterocycles. The monoisotopic (exact) mass is 493 g/mol. The molecule has 2 N–H and O–H groups in total. The summed E-state index contributed by atoms with van der Waals surface area (Å²) in [6, 6.07) is 14.2. The van der Waals surface area contributed by atoms with E-state index in [4.69, 9.17) is 4.84 Å². The minimum atomic E-state index is -5.20. The second kappa shape index (κ2) is 9.17. The molecule has 36 heavy (non-hydrogen) atoms. The van der Waals surface area contributed by atoms with E-state index >= 15 is 0 Å². The zero-order valence-corrected chi connectivity index (χ0v) is 18.5. The van der Waals surface area contributed by atoms with Gasteiger partial charge in [-0.1, -0.05) is 30.3 Å². The Kier molecular flexibility index (Phi) is 5.88. The summed E-state index contributed by atoms with van der Waals surface area (Å²) in [6.45, 7) is 0.206. The highest BCUT2D eigenvalue weighted by Gasteiger charge is 2.43. The van der Waals surface area contributed by atoms with Crippen molar-refractivity contribution in [3.05, 3.63) is 83.4 Å². The third-order valence-electron chi connectivity index (χ3n) is 5.60. The van der Waals surface area contributed by atoms with Crippen LogP contribution in [-0.2, 0) is 11.2 Å². The van der Waals surface area contributed by atoms with Crippen LogP contribution in [0.5, 0.6) is 0 Å². The van der Waals surface area contributed by atoms with Gasteiger partial charge in [0.25, 0.3) is 5.91 Å². The molecule has 3 aromatic heterocycles. The quantitative estimate of drug-likeness (QED) is 0.439. The lowest BCUT2D eigenvalue weighted by Crippen LogP contribution is -2.37. The molecule has 5 rings (SSSR count). The molecular formula is C25H18F3N5O3. The average molecular weight is 493 g/mol. The van der Waals surface area contributed by atoms with Crippen molar-refractivity contribution >= 4 is 24.0 Å². The number of alkyl halides is 3. The molecule has 1 aromatic carbocycles. The average Bonchev–Trinajstić information content (AvgIpc) is 3.49. The maximum absolute atomic E-state index is 12.9. The number of fused-ring (bicyclic) bond motifs is 1. The zero-order chi connectivity index (χ0) is 25.3. The summed E-state index contributed by atoms with van der Waals surface area (Å²) in [5.74, 6) is -2.84. The number of rotatable bonds is 5. The van der Waals surface area contributed by atoms with Gasteiger partial charge >= 0.3 is 12.1 Å². The number of aromatic nitrogens is 4. The van der Waals surface area contributed by atoms with E-state index in [9.17, 15) is 22.8 Å². The molecule has 1 aliphatic heterocycles. The Hall–Kier alpha value is -4.67. The van der Waals surface area contributed by atoms with Gasteiger partial charge in [0.15, 0.2) is 0 Å². The highest BCUT2D eigenvalue weighted by molar-refractivity contribution is 5.98. The number of hydrogen-bond donors (Lipinski definition) is 2. The second-order valence-corrected chi connectivity index (χ2v) is 7.94. The Labute approximate surface area is 202 Å². The standard InChI is InChI=1S/C25H18F3N5O3/c26-25(27,28)24(35)36-33-20-9-11-30-23(34)19(20)13-21(33)16-8-10-29-18(12-16)7-6-17-14-31-32-22(17)15-4-2-1-3-5-15/h1-8,10,12-14H,9,11H2,(H,30,34)(H,31,32)/b7-6-. The van der Waals surface area contributed by atoms with E-state index in [1.165, 1.54) is 12.3 Å². The van der Waals surface area contributed by atoms with E-state index in [1.54, 1.807) is 30.5 Å². The number of benzene rings is 1. The molecule has 0 fully saturated rings. The summed E-state index contributed by atoms with van der Waals surface area (Å²) in [6.07, 6.45) is 1.68. The SMILES string of the molecule is O=C1NCCc2c1cc(-c1ccnc(/C=C\c3cn[nH]c3-c3ccccc3)c1)n2OC(=O)C(F)(F)F. The lowest BCUT2D eigenvalue weighted by atomic mass is 10.1. The molecule has 4 aromatic rings. The van der Waals surface area contributed by atoms with Gasteiger partial charge < -0.3 is 10.2 Å². The second-order valence-electron chi connectivity index (χ2n) is 7.94. The molecule has 11 heteroatoms. The van der Waals surface area contributed by atoms with Crippen molar-refractivity contribution in [3.63, 3.8) is 0 Å². The fourth-order valence-corrected chi connectivity index (χ4v) is 3.93. The molecule has 0 bridgehead atoms. The minimum Gasteiger partial charge on any atom is -0.352 e. The van der Waals surface area contributed by atoms with Gasteiger partial charge in [0, 0.05) is 35.9 Å². The maximum atomic E-state index is 12.9. The number of H-pyrrole nitrogens is 1. The van der Waals surface area contributed by atoms with Crippen LogP contribution in [0.15, 0.2) is 60.9 Å². The lowest BCUT2D eigenvalue weighted by molar-refractivity contribution is -0.199. The van der Waals surface area contributed by atoms with Gasteiger partial charge in [-0.25, -0.2) is 4.79 Å². The molecule has 1 aliphatic rings. The van der Waals surface area contributed by atoms with Crippen LogP contribution in [0, 0.1) is 0 Å². The highest BCUT2D eigenvalue weighted by Crippen LogP contribution is 2.29. The Morgan fingerprint density at radius 1 is 1.08 bits per heavy atom. The van der Waals surface area contributed by atoms with Gasteiger partial charge in [0.1, 0.15) is 0 Å².